The predicted octanol–water partition coefficient (Wildman–Crippen LogP) is 3.44. The smallest absolute Gasteiger partial charge is 0.134 e. The molecule has 2 aromatic rings. The van der Waals surface area contributed by atoms with Crippen LogP contribution in [0.4, 0.5) is 0 Å². The zero-order chi connectivity index (χ0) is 9.97. The summed E-state index contributed by atoms with van der Waals surface area (Å²) >= 11 is 4.56. The fourth-order valence-electron chi connectivity index (χ4n) is 1.20. The van der Waals surface area contributed by atoms with Crippen LogP contribution in [0.1, 0.15) is 4.88 Å². The summed E-state index contributed by atoms with van der Waals surface area (Å²) in [6.45, 7) is 0. The Morgan fingerprint density at radius 2 is 2.00 bits per heavy atom. The first-order valence-electron chi connectivity index (χ1n) is 3.93. The van der Waals surface area contributed by atoms with Gasteiger partial charge in [0.25, 0.3) is 0 Å². The summed E-state index contributed by atoms with van der Waals surface area (Å²) in [6.07, 6.45) is 0. The number of benzene rings is 1. The molecule has 0 aliphatic rings. The van der Waals surface area contributed by atoms with Gasteiger partial charge in [-0.1, -0.05) is 30.3 Å². The van der Waals surface area contributed by atoms with Crippen molar-refractivity contribution >= 4 is 27.5 Å². The number of aromatic nitrogens is 1. The van der Waals surface area contributed by atoms with Gasteiger partial charge in [0, 0.05) is 5.56 Å². The summed E-state index contributed by atoms with van der Waals surface area (Å²) in [4.78, 5) is 0.642. The second kappa shape index (κ2) is 3.91. The van der Waals surface area contributed by atoms with Gasteiger partial charge < -0.3 is 0 Å². The van der Waals surface area contributed by atoms with Gasteiger partial charge in [0.2, 0.25) is 0 Å². The van der Waals surface area contributed by atoms with Gasteiger partial charge in [0.05, 0.1) is 0 Å². The number of rotatable bonds is 1. The van der Waals surface area contributed by atoms with Crippen LogP contribution in [0.2, 0.25) is 0 Å². The largest absolute Gasteiger partial charge is 0.191 e. The third-order valence-electron chi connectivity index (χ3n) is 1.81. The summed E-state index contributed by atoms with van der Waals surface area (Å²) in [5.74, 6) is 0. The fraction of sp³-hybridized carbons (Fsp3) is 0. The first kappa shape index (κ1) is 9.38. The Morgan fingerprint density at radius 1 is 1.29 bits per heavy atom. The molecule has 14 heavy (non-hydrogen) atoms. The highest BCUT2D eigenvalue weighted by atomic mass is 79.9. The minimum absolute atomic E-state index is 0.642. The normalized spacial score (nSPS) is 9.71. The zero-order valence-corrected chi connectivity index (χ0v) is 9.47. The molecule has 2 rings (SSSR count). The molecule has 0 saturated carbocycles. The van der Waals surface area contributed by atoms with Crippen molar-refractivity contribution in [2.24, 2.45) is 0 Å². The van der Waals surface area contributed by atoms with E-state index in [2.05, 4.69) is 26.4 Å². The van der Waals surface area contributed by atoms with Crippen LogP contribution in [0.15, 0.2) is 34.9 Å². The van der Waals surface area contributed by atoms with Crippen molar-refractivity contribution in [1.82, 2.24) is 4.37 Å². The Hall–Kier alpha value is -1.18. The lowest BCUT2D eigenvalue weighted by molar-refractivity contribution is 1.47. The van der Waals surface area contributed by atoms with E-state index in [-0.39, 0.29) is 0 Å². The van der Waals surface area contributed by atoms with Gasteiger partial charge in [-0.3, -0.25) is 0 Å². The average molecular weight is 265 g/mol. The second-order valence-corrected chi connectivity index (χ2v) is 4.18. The van der Waals surface area contributed by atoms with Crippen molar-refractivity contribution < 1.29 is 0 Å². The van der Waals surface area contributed by atoms with Crippen LogP contribution in [-0.4, -0.2) is 4.37 Å². The van der Waals surface area contributed by atoms with E-state index in [9.17, 15) is 0 Å². The first-order valence-corrected chi connectivity index (χ1v) is 5.50. The maximum absolute atomic E-state index is 8.89. The lowest BCUT2D eigenvalue weighted by atomic mass is 10.1. The minimum Gasteiger partial charge on any atom is -0.191 e. The van der Waals surface area contributed by atoms with Crippen LogP contribution in [0, 0.1) is 11.3 Å². The van der Waals surface area contributed by atoms with E-state index in [4.69, 9.17) is 5.26 Å². The fourth-order valence-corrected chi connectivity index (χ4v) is 2.59. The molecule has 0 saturated heterocycles. The third-order valence-corrected chi connectivity index (χ3v) is 3.37. The molecule has 0 fully saturated rings. The van der Waals surface area contributed by atoms with E-state index in [1.807, 2.05) is 30.3 Å². The van der Waals surface area contributed by atoms with Gasteiger partial charge in [-0.05, 0) is 33.0 Å². The molecule has 0 amide bonds. The van der Waals surface area contributed by atoms with Crippen LogP contribution in [-0.2, 0) is 0 Å². The molecule has 0 radical (unpaired) electrons. The van der Waals surface area contributed by atoms with E-state index in [0.717, 1.165) is 15.7 Å². The Labute approximate surface area is 94.1 Å². The average Bonchev–Trinajstić information content (AvgIpc) is 2.61. The summed E-state index contributed by atoms with van der Waals surface area (Å²) in [5, 5.41) is 8.89. The monoisotopic (exact) mass is 264 g/mol. The number of halogens is 1. The van der Waals surface area contributed by atoms with Crippen molar-refractivity contribution in [3.8, 4) is 17.2 Å². The highest BCUT2D eigenvalue weighted by Gasteiger charge is 2.12. The summed E-state index contributed by atoms with van der Waals surface area (Å²) in [5.41, 5.74) is 1.91. The Balaban J connectivity index is 2.63. The molecule has 0 atom stereocenters. The maximum Gasteiger partial charge on any atom is 0.134 e. The molecule has 4 heteroatoms. The van der Waals surface area contributed by atoms with Crippen LogP contribution in [0.3, 0.4) is 0 Å². The van der Waals surface area contributed by atoms with Crippen molar-refractivity contribution in [1.29, 1.82) is 5.26 Å². The van der Waals surface area contributed by atoms with Gasteiger partial charge in [-0.25, -0.2) is 0 Å². The molecule has 0 unspecified atom stereocenters. The van der Waals surface area contributed by atoms with E-state index in [1.54, 1.807) is 0 Å². The molecule has 0 N–H and O–H groups in total. The van der Waals surface area contributed by atoms with Crippen molar-refractivity contribution in [3.05, 3.63) is 39.8 Å². The first-order chi connectivity index (χ1) is 6.83. The number of nitrogens with zero attached hydrogens (tertiary/aromatic N) is 2. The molecule has 68 valence electrons. The Morgan fingerprint density at radius 3 is 2.64 bits per heavy atom. The van der Waals surface area contributed by atoms with Gasteiger partial charge in [-0.2, -0.15) is 9.64 Å². The van der Waals surface area contributed by atoms with Crippen LogP contribution < -0.4 is 0 Å². The molecule has 2 nitrogen and oxygen atoms in total. The van der Waals surface area contributed by atoms with Crippen LogP contribution in [0.25, 0.3) is 11.1 Å². The molecule has 1 aromatic heterocycles. The van der Waals surface area contributed by atoms with Crippen molar-refractivity contribution in [2.75, 3.05) is 0 Å². The Bertz CT molecular complexity index is 485. The standard InChI is InChI=1S/C10H5BrN2S/c11-10-9(8(6-12)14-13-10)7-4-2-1-3-5-7/h1-5H. The minimum atomic E-state index is 0.642. The Kier molecular flexibility index (Phi) is 2.62. The molecule has 0 spiro atoms. The summed E-state index contributed by atoms with van der Waals surface area (Å²) in [7, 11) is 0. The van der Waals surface area contributed by atoms with E-state index >= 15 is 0 Å². The maximum atomic E-state index is 8.89. The number of hydrogen-bond acceptors (Lipinski definition) is 3. The lowest BCUT2D eigenvalue weighted by Gasteiger charge is -1.97. The van der Waals surface area contributed by atoms with Gasteiger partial charge >= 0.3 is 0 Å². The quantitative estimate of drug-likeness (QED) is 0.791. The summed E-state index contributed by atoms with van der Waals surface area (Å²) in [6, 6.07) is 11.9. The number of nitriles is 1. The highest BCUT2D eigenvalue weighted by Crippen LogP contribution is 2.33. The van der Waals surface area contributed by atoms with Crippen molar-refractivity contribution in [2.45, 2.75) is 0 Å². The van der Waals surface area contributed by atoms with Crippen molar-refractivity contribution in [3.63, 3.8) is 0 Å². The molecule has 1 aromatic carbocycles. The molecule has 0 bridgehead atoms. The predicted molar refractivity (Wildman–Crippen MR) is 60.0 cm³/mol. The van der Waals surface area contributed by atoms with Gasteiger partial charge in [0.1, 0.15) is 15.5 Å². The third kappa shape index (κ3) is 1.57. The van der Waals surface area contributed by atoms with E-state index in [1.165, 1.54) is 11.5 Å². The van der Waals surface area contributed by atoms with Gasteiger partial charge in [-0.15, -0.1) is 0 Å². The molecule has 1 heterocycles. The van der Waals surface area contributed by atoms with Gasteiger partial charge in [0.15, 0.2) is 0 Å². The molecular weight excluding hydrogens is 260 g/mol. The SMILES string of the molecule is N#Cc1snc(Br)c1-c1ccccc1. The zero-order valence-electron chi connectivity index (χ0n) is 7.07. The van der Waals surface area contributed by atoms with Crippen LogP contribution in [0.5, 0.6) is 0 Å². The molecular formula is C10H5BrN2S. The van der Waals surface area contributed by atoms with E-state index in [0.29, 0.717) is 4.88 Å². The lowest BCUT2D eigenvalue weighted by Crippen LogP contribution is -1.78. The molecule has 0 aliphatic carbocycles. The molecule has 0 aliphatic heterocycles. The topological polar surface area (TPSA) is 36.7 Å². The second-order valence-electron chi connectivity index (χ2n) is 2.66. The van der Waals surface area contributed by atoms with E-state index < -0.39 is 0 Å². The van der Waals surface area contributed by atoms with Crippen LogP contribution >= 0.6 is 27.5 Å². The highest BCUT2D eigenvalue weighted by molar-refractivity contribution is 9.10. The number of hydrogen-bond donors (Lipinski definition) is 0. The summed E-state index contributed by atoms with van der Waals surface area (Å²) < 4.78 is 4.84.